The van der Waals surface area contributed by atoms with Gasteiger partial charge in [-0.2, -0.15) is 4.98 Å². The Kier molecular flexibility index (Phi) is 22.0. The lowest BCUT2D eigenvalue weighted by molar-refractivity contribution is -0.367. The second-order valence-electron chi connectivity index (χ2n) is 25.5. The predicted molar refractivity (Wildman–Crippen MR) is 336 cm³/mol. The van der Waals surface area contributed by atoms with Crippen LogP contribution < -0.4 is 23.9 Å². The van der Waals surface area contributed by atoms with Gasteiger partial charge in [0.15, 0.2) is 11.4 Å². The number of carbonyl (C=O) groups is 6. The van der Waals surface area contributed by atoms with Crippen LogP contribution in [0.5, 0.6) is 23.3 Å². The van der Waals surface area contributed by atoms with E-state index in [2.05, 4.69) is 31.3 Å². The maximum Gasteiger partial charge on any atom is 0.389 e. The number of aryl methyl sites for hydroxylation is 2. The van der Waals surface area contributed by atoms with Crippen LogP contribution in [0.2, 0.25) is 0 Å². The quantitative estimate of drug-likeness (QED) is 0.0292. The zero-order valence-electron chi connectivity index (χ0n) is 53.4. The van der Waals surface area contributed by atoms with E-state index < -0.39 is 59.3 Å². The minimum atomic E-state index is -0.843. The van der Waals surface area contributed by atoms with Gasteiger partial charge in [-0.15, -0.1) is 26.3 Å². The number of nitrogens with zero attached hydrogens (tertiary/aromatic N) is 5. The van der Waals surface area contributed by atoms with Crippen LogP contribution in [0.25, 0.3) is 22.1 Å². The minimum absolute atomic E-state index is 0.0102. The molecular formula is C70H91N6O14+. The van der Waals surface area contributed by atoms with Crippen LogP contribution in [0.3, 0.4) is 0 Å². The first kappa shape index (κ1) is 66.5. The number of fused-ring (bicyclic) bond motifs is 2. The normalized spacial score (nSPS) is 25.0. The molecule has 4 aliphatic carbocycles. The zero-order chi connectivity index (χ0) is 64.3. The summed E-state index contributed by atoms with van der Waals surface area (Å²) in [4.78, 5) is 102. The summed E-state index contributed by atoms with van der Waals surface area (Å²) in [5.41, 5.74) is 3.01. The highest BCUT2D eigenvalue weighted by atomic mass is 16.6. The third-order valence-corrected chi connectivity index (χ3v) is 19.3. The lowest BCUT2D eigenvalue weighted by atomic mass is 9.86. The standard InChI is InChI=1S/2C35H45N3O7/c2*1-6-8-15-27-32(37-31-26(36-27)16-11-17-29(31)42-4)44-24-18-28(34(41)43-5)38(21-24)33(40)25(22-13-9-10-14-22)19-30(39)45-35(3)20-23(35)12-7-2/h2*6-7,11,16-17,22-25,28H,1-2,8-10,12-15,18-21H2,3-5H3/p+1/t23-,24+,25-,28-,35-;23-,24-,25+,28+,35-/m01/s1. The Morgan fingerprint density at radius 3 is 1.56 bits per heavy atom. The summed E-state index contributed by atoms with van der Waals surface area (Å²) < 4.78 is 46.1. The summed E-state index contributed by atoms with van der Waals surface area (Å²) in [6.45, 7) is 19.5. The number of likely N-dealkylation sites (tertiary alicyclic amines) is 2. The largest absolute Gasteiger partial charge is 0.494 e. The number of benzene rings is 2. The number of nitrogens with one attached hydrogen (secondary N) is 1. The summed E-state index contributed by atoms with van der Waals surface area (Å²) in [5, 5.41) is 0. The molecule has 2 aromatic carbocycles. The maximum atomic E-state index is 14.3. The molecule has 10 rings (SSSR count). The van der Waals surface area contributed by atoms with Gasteiger partial charge in [0.1, 0.15) is 58.0 Å². The summed E-state index contributed by atoms with van der Waals surface area (Å²) in [6, 6.07) is 9.48. The number of carbonyl (C=O) groups excluding carboxylic acids is 6. The fraction of sp³-hybridized carbons (Fsp3) is 0.571. The number of H-pyrrole nitrogens is 1. The molecule has 6 fully saturated rings. The molecule has 20 nitrogen and oxygen atoms in total. The van der Waals surface area contributed by atoms with Gasteiger partial charge in [-0.1, -0.05) is 62.1 Å². The lowest BCUT2D eigenvalue weighted by Gasteiger charge is -2.30. The van der Waals surface area contributed by atoms with Crippen molar-refractivity contribution in [1.82, 2.24) is 24.8 Å². The molecule has 0 radical (unpaired) electrons. The molecule has 90 heavy (non-hydrogen) atoms. The van der Waals surface area contributed by atoms with Gasteiger partial charge in [-0.3, -0.25) is 19.2 Å². The number of methoxy groups -OCH3 is 4. The van der Waals surface area contributed by atoms with Gasteiger partial charge >= 0.3 is 29.8 Å². The molecule has 20 heteroatoms. The van der Waals surface area contributed by atoms with Crippen LogP contribution >= 0.6 is 0 Å². The average molecular weight is 1240 g/mol. The highest BCUT2D eigenvalue weighted by Crippen LogP contribution is 2.51. The van der Waals surface area contributed by atoms with E-state index >= 15 is 0 Å². The second kappa shape index (κ2) is 29.8. The smallest absolute Gasteiger partial charge is 0.389 e. The van der Waals surface area contributed by atoms with Crippen molar-refractivity contribution in [1.29, 1.82) is 0 Å². The zero-order valence-corrected chi connectivity index (χ0v) is 53.4. The SMILES string of the molecule is C=CCCc1nc2cccc(OC)c2[nH+]c1O[C@@H]1C[C@@H](C(=O)OC)N(C(=O)[C@@H](CC(=O)O[C@]2(C)C[C@H]2CC=C)C2CCCC2)C1.C=CCCc1nc2cccc(OC)c2nc1O[C@@H]1C[C@@H](C(=O)OC)N(C(=O)[C@@H](CC(=O)O[C@@]2(C)C[C@@H]2CC=C)C2CCCC2)C1. The number of hydrogen-bond donors (Lipinski definition) is 0. The molecule has 10 atom stereocenters. The van der Waals surface area contributed by atoms with E-state index in [-0.39, 0.29) is 86.2 Å². The molecule has 2 aromatic heterocycles. The van der Waals surface area contributed by atoms with Crippen molar-refractivity contribution in [3.63, 3.8) is 0 Å². The van der Waals surface area contributed by atoms with E-state index in [0.29, 0.717) is 76.9 Å². The summed E-state index contributed by atoms with van der Waals surface area (Å²) >= 11 is 0. The number of aromatic amines is 1. The molecule has 4 saturated carbocycles. The van der Waals surface area contributed by atoms with Gasteiger partial charge < -0.3 is 47.7 Å². The van der Waals surface area contributed by atoms with Crippen LogP contribution in [0.4, 0.5) is 0 Å². The number of aromatic nitrogens is 4. The van der Waals surface area contributed by atoms with Crippen LogP contribution in [-0.4, -0.2) is 137 Å². The highest BCUT2D eigenvalue weighted by molar-refractivity contribution is 5.90. The first-order valence-electron chi connectivity index (χ1n) is 32.1. The molecular weight excluding hydrogens is 1150 g/mol. The van der Waals surface area contributed by atoms with Crippen LogP contribution in [-0.2, 0) is 60.6 Å². The molecule has 2 amide bonds. The summed E-state index contributed by atoms with van der Waals surface area (Å²) in [5.74, 6) is -0.781. The number of esters is 4. The first-order valence-corrected chi connectivity index (χ1v) is 32.1. The molecule has 6 aliphatic rings. The monoisotopic (exact) mass is 1240 g/mol. The number of para-hydroxylation sites is 2. The molecule has 4 aromatic rings. The van der Waals surface area contributed by atoms with Gasteiger partial charge in [0.05, 0.1) is 71.7 Å². The second-order valence-corrected chi connectivity index (χ2v) is 25.5. The Labute approximate surface area is 528 Å². The van der Waals surface area contributed by atoms with Crippen LogP contribution in [0, 0.1) is 35.5 Å². The topological polar surface area (TPSA) is 236 Å². The van der Waals surface area contributed by atoms with Gasteiger partial charge in [-0.05, 0) is 121 Å². The fourth-order valence-electron chi connectivity index (χ4n) is 14.0. The predicted octanol–water partition coefficient (Wildman–Crippen LogP) is 10.2. The van der Waals surface area contributed by atoms with Crippen molar-refractivity contribution in [2.24, 2.45) is 35.5 Å². The fourth-order valence-corrected chi connectivity index (χ4v) is 14.0. The Morgan fingerprint density at radius 1 is 0.611 bits per heavy atom. The Morgan fingerprint density at radius 2 is 1.08 bits per heavy atom. The third-order valence-electron chi connectivity index (χ3n) is 19.3. The van der Waals surface area contributed by atoms with Crippen molar-refractivity contribution in [2.45, 2.75) is 178 Å². The van der Waals surface area contributed by atoms with E-state index in [9.17, 15) is 28.8 Å². The van der Waals surface area contributed by atoms with E-state index in [1.165, 1.54) is 14.2 Å². The lowest BCUT2D eigenvalue weighted by Crippen LogP contribution is -2.46. The van der Waals surface area contributed by atoms with Crippen molar-refractivity contribution in [3.05, 3.63) is 98.4 Å². The Balaban J connectivity index is 0.000000213. The molecule has 4 heterocycles. The molecule has 484 valence electrons. The number of allylic oxidation sites excluding steroid dienone is 4. The van der Waals surface area contributed by atoms with Gasteiger partial charge in [0, 0.05) is 31.1 Å². The van der Waals surface area contributed by atoms with Gasteiger partial charge in [0.25, 0.3) is 5.52 Å². The minimum Gasteiger partial charge on any atom is -0.494 e. The van der Waals surface area contributed by atoms with E-state index in [0.717, 1.165) is 82.6 Å². The number of rotatable bonds is 28. The number of ether oxygens (including phenoxy) is 8. The van der Waals surface area contributed by atoms with Gasteiger partial charge in [-0.25, -0.2) is 24.5 Å². The molecule has 0 bridgehead atoms. The van der Waals surface area contributed by atoms with Crippen molar-refractivity contribution in [3.8, 4) is 23.3 Å². The third kappa shape index (κ3) is 15.5. The Bertz CT molecular complexity index is 3090. The van der Waals surface area contributed by atoms with Crippen molar-refractivity contribution < 1.29 is 71.6 Å². The van der Waals surface area contributed by atoms with Crippen molar-refractivity contribution >= 4 is 57.8 Å². The van der Waals surface area contributed by atoms with E-state index in [1.807, 2.05) is 74.5 Å². The average Bonchev–Trinajstić information content (AvgIpc) is 1.58. The number of hydrogen-bond acceptors (Lipinski definition) is 17. The van der Waals surface area contributed by atoms with E-state index in [4.69, 9.17) is 52.8 Å². The Hall–Kier alpha value is -7.90. The summed E-state index contributed by atoms with van der Waals surface area (Å²) in [6.07, 6.45) is 19.9. The molecule has 0 spiro atoms. The van der Waals surface area contributed by atoms with Crippen LogP contribution in [0.1, 0.15) is 141 Å². The first-order chi connectivity index (χ1) is 43.4. The van der Waals surface area contributed by atoms with Crippen molar-refractivity contribution in [2.75, 3.05) is 41.5 Å². The van der Waals surface area contributed by atoms with E-state index in [1.54, 1.807) is 24.0 Å². The molecule has 2 aliphatic heterocycles. The highest BCUT2D eigenvalue weighted by Gasteiger charge is 2.55. The van der Waals surface area contributed by atoms with Crippen LogP contribution in [0.15, 0.2) is 87.0 Å². The molecule has 1 N–H and O–H groups in total. The molecule has 2 saturated heterocycles. The maximum absolute atomic E-state index is 14.3. The number of amides is 2. The van der Waals surface area contributed by atoms with Gasteiger partial charge in [0.2, 0.25) is 17.7 Å². The molecule has 0 unspecified atom stereocenters. The summed E-state index contributed by atoms with van der Waals surface area (Å²) in [7, 11) is 5.81.